The third kappa shape index (κ3) is 5.13. The molecule has 0 unspecified atom stereocenters. The molecule has 0 amide bonds. The van der Waals surface area contributed by atoms with Gasteiger partial charge in [0.2, 0.25) is 0 Å². The van der Waals surface area contributed by atoms with Gasteiger partial charge in [-0.15, -0.1) is 5.10 Å². The van der Waals surface area contributed by atoms with Gasteiger partial charge in [0.15, 0.2) is 23.0 Å². The molecule has 1 aromatic carbocycles. The molecule has 0 radical (unpaired) electrons. The van der Waals surface area contributed by atoms with Gasteiger partial charge in [-0.3, -0.25) is 0 Å². The lowest BCUT2D eigenvalue weighted by atomic mass is 10.1. The standard InChI is InChI=1S/C21H28FN5O2/c1-4-6-10-28-18-9-8-15(12-17(18)22)11-16-13-24-20-19(23)25-21(26-27(16)20)29-14(3)7-5-2/h8-9,12-14H,4-7,10-11H2,1-3H3,(H2,23,25,26)/t14-/m0/s1. The second-order valence-corrected chi connectivity index (χ2v) is 7.13. The normalized spacial score (nSPS) is 12.3. The number of nitrogen functional groups attached to an aromatic ring is 1. The maximum absolute atomic E-state index is 14.4. The first-order valence-electron chi connectivity index (χ1n) is 10.1. The van der Waals surface area contributed by atoms with E-state index in [2.05, 4.69) is 28.9 Å². The SMILES string of the molecule is CCCCOc1ccc(Cc2cnc3c(N)nc(O[C@@H](C)CCC)nn23)cc1F. The molecule has 3 rings (SSSR count). The Kier molecular flexibility index (Phi) is 6.85. The van der Waals surface area contributed by atoms with Crippen molar-refractivity contribution in [2.45, 2.75) is 59.0 Å². The fourth-order valence-corrected chi connectivity index (χ4v) is 3.05. The Morgan fingerprint density at radius 3 is 2.79 bits per heavy atom. The number of imidazole rings is 1. The number of halogens is 1. The summed E-state index contributed by atoms with van der Waals surface area (Å²) in [6, 6.07) is 5.19. The summed E-state index contributed by atoms with van der Waals surface area (Å²) in [4.78, 5) is 8.49. The molecule has 156 valence electrons. The summed E-state index contributed by atoms with van der Waals surface area (Å²) in [5.41, 5.74) is 8.03. The zero-order valence-corrected chi connectivity index (χ0v) is 17.2. The number of unbranched alkanes of at least 4 members (excludes halogenated alkanes) is 1. The van der Waals surface area contributed by atoms with Crippen LogP contribution in [0.3, 0.4) is 0 Å². The maximum atomic E-state index is 14.4. The van der Waals surface area contributed by atoms with Gasteiger partial charge >= 0.3 is 6.01 Å². The van der Waals surface area contributed by atoms with Crippen LogP contribution in [0.5, 0.6) is 11.8 Å². The summed E-state index contributed by atoms with van der Waals surface area (Å²) in [6.07, 6.45) is 5.88. The molecule has 2 heterocycles. The summed E-state index contributed by atoms with van der Waals surface area (Å²) in [5.74, 6) is 0.141. The second-order valence-electron chi connectivity index (χ2n) is 7.13. The molecule has 29 heavy (non-hydrogen) atoms. The van der Waals surface area contributed by atoms with Gasteiger partial charge in [-0.25, -0.2) is 13.9 Å². The molecule has 7 nitrogen and oxygen atoms in total. The number of anilines is 1. The minimum Gasteiger partial charge on any atom is -0.491 e. The number of aromatic nitrogens is 4. The molecule has 3 aromatic rings. The summed E-state index contributed by atoms with van der Waals surface area (Å²) in [7, 11) is 0. The Morgan fingerprint density at radius 1 is 1.24 bits per heavy atom. The lowest BCUT2D eigenvalue weighted by molar-refractivity contribution is 0.189. The fraction of sp³-hybridized carbons (Fsp3) is 0.476. The van der Waals surface area contributed by atoms with Crippen molar-refractivity contribution in [3.05, 3.63) is 41.5 Å². The molecule has 2 N–H and O–H groups in total. The van der Waals surface area contributed by atoms with E-state index in [1.54, 1.807) is 16.8 Å². The van der Waals surface area contributed by atoms with E-state index in [9.17, 15) is 4.39 Å². The van der Waals surface area contributed by atoms with Crippen molar-refractivity contribution >= 4 is 11.5 Å². The number of benzene rings is 1. The first-order chi connectivity index (χ1) is 14.0. The average Bonchev–Trinajstić information content (AvgIpc) is 3.07. The van der Waals surface area contributed by atoms with Crippen LogP contribution in [-0.2, 0) is 6.42 Å². The van der Waals surface area contributed by atoms with E-state index in [0.29, 0.717) is 18.7 Å². The Morgan fingerprint density at radius 2 is 2.07 bits per heavy atom. The third-order valence-corrected chi connectivity index (χ3v) is 4.58. The lowest BCUT2D eigenvalue weighted by Crippen LogP contribution is -2.15. The number of nitrogens with zero attached hydrogens (tertiary/aromatic N) is 4. The number of hydrogen-bond acceptors (Lipinski definition) is 6. The maximum Gasteiger partial charge on any atom is 0.336 e. The highest BCUT2D eigenvalue weighted by atomic mass is 19.1. The third-order valence-electron chi connectivity index (χ3n) is 4.58. The number of rotatable bonds is 10. The highest BCUT2D eigenvalue weighted by Gasteiger charge is 2.15. The largest absolute Gasteiger partial charge is 0.491 e. The van der Waals surface area contributed by atoms with Crippen molar-refractivity contribution in [2.75, 3.05) is 12.3 Å². The number of ether oxygens (including phenoxy) is 2. The van der Waals surface area contributed by atoms with Gasteiger partial charge in [0.1, 0.15) is 0 Å². The van der Waals surface area contributed by atoms with Crippen LogP contribution in [0, 0.1) is 5.82 Å². The van der Waals surface area contributed by atoms with Gasteiger partial charge < -0.3 is 15.2 Å². The molecule has 0 bridgehead atoms. The summed E-state index contributed by atoms with van der Waals surface area (Å²) in [5, 5.41) is 4.43. The van der Waals surface area contributed by atoms with Crippen LogP contribution in [0.4, 0.5) is 10.2 Å². The van der Waals surface area contributed by atoms with Crippen LogP contribution < -0.4 is 15.2 Å². The second kappa shape index (κ2) is 9.54. The molecule has 0 aliphatic carbocycles. The van der Waals surface area contributed by atoms with E-state index in [0.717, 1.165) is 36.9 Å². The average molecular weight is 401 g/mol. The van der Waals surface area contributed by atoms with Gasteiger partial charge in [-0.1, -0.05) is 32.8 Å². The van der Waals surface area contributed by atoms with E-state index in [1.807, 2.05) is 13.0 Å². The fourth-order valence-electron chi connectivity index (χ4n) is 3.05. The monoisotopic (exact) mass is 401 g/mol. The van der Waals surface area contributed by atoms with Gasteiger partial charge in [-0.05, 0) is 37.5 Å². The van der Waals surface area contributed by atoms with Gasteiger partial charge in [0.05, 0.1) is 24.6 Å². The summed E-state index contributed by atoms with van der Waals surface area (Å²) in [6.45, 7) is 6.63. The van der Waals surface area contributed by atoms with Crippen molar-refractivity contribution in [3.8, 4) is 11.8 Å². The van der Waals surface area contributed by atoms with Crippen molar-refractivity contribution in [1.82, 2.24) is 19.6 Å². The Labute approximate surface area is 170 Å². The molecule has 2 aromatic heterocycles. The number of nitrogens with two attached hydrogens (primary N) is 1. The van der Waals surface area contributed by atoms with Gasteiger partial charge in [0, 0.05) is 6.42 Å². The Balaban J connectivity index is 1.81. The molecule has 0 fully saturated rings. The molecule has 0 spiro atoms. The lowest BCUT2D eigenvalue weighted by Gasteiger charge is -2.12. The van der Waals surface area contributed by atoms with E-state index < -0.39 is 0 Å². The Hall–Kier alpha value is -2.90. The molecular formula is C21H28FN5O2. The van der Waals surface area contributed by atoms with Crippen molar-refractivity contribution < 1.29 is 13.9 Å². The molecule has 0 aliphatic heterocycles. The molecule has 0 saturated heterocycles. The number of hydrogen-bond donors (Lipinski definition) is 1. The van der Waals surface area contributed by atoms with Crippen LogP contribution in [0.2, 0.25) is 0 Å². The highest BCUT2D eigenvalue weighted by Crippen LogP contribution is 2.22. The minimum absolute atomic E-state index is 0.0156. The first-order valence-corrected chi connectivity index (χ1v) is 10.1. The topological polar surface area (TPSA) is 87.6 Å². The zero-order valence-electron chi connectivity index (χ0n) is 17.2. The van der Waals surface area contributed by atoms with Crippen LogP contribution >= 0.6 is 0 Å². The van der Waals surface area contributed by atoms with E-state index >= 15 is 0 Å². The van der Waals surface area contributed by atoms with E-state index in [1.165, 1.54) is 6.07 Å². The molecular weight excluding hydrogens is 373 g/mol. The smallest absolute Gasteiger partial charge is 0.336 e. The van der Waals surface area contributed by atoms with Gasteiger partial charge in [0.25, 0.3) is 0 Å². The minimum atomic E-state index is -0.376. The van der Waals surface area contributed by atoms with Crippen molar-refractivity contribution in [1.29, 1.82) is 0 Å². The van der Waals surface area contributed by atoms with Crippen LogP contribution in [0.15, 0.2) is 24.4 Å². The van der Waals surface area contributed by atoms with Crippen molar-refractivity contribution in [2.24, 2.45) is 0 Å². The van der Waals surface area contributed by atoms with E-state index in [-0.39, 0.29) is 29.5 Å². The molecule has 0 aliphatic rings. The predicted molar refractivity (Wildman–Crippen MR) is 110 cm³/mol. The van der Waals surface area contributed by atoms with Crippen LogP contribution in [-0.4, -0.2) is 32.3 Å². The van der Waals surface area contributed by atoms with Crippen LogP contribution in [0.25, 0.3) is 5.65 Å². The zero-order chi connectivity index (χ0) is 20.8. The number of fused-ring (bicyclic) bond motifs is 1. The summed E-state index contributed by atoms with van der Waals surface area (Å²) < 4.78 is 27.2. The van der Waals surface area contributed by atoms with Crippen LogP contribution in [0.1, 0.15) is 57.7 Å². The van der Waals surface area contributed by atoms with Crippen molar-refractivity contribution in [3.63, 3.8) is 0 Å². The first kappa shape index (κ1) is 20.8. The van der Waals surface area contributed by atoms with E-state index in [4.69, 9.17) is 15.2 Å². The molecule has 1 atom stereocenters. The molecule has 0 saturated carbocycles. The Bertz CT molecular complexity index is 960. The summed E-state index contributed by atoms with van der Waals surface area (Å²) >= 11 is 0. The quantitative estimate of drug-likeness (QED) is 0.513. The van der Waals surface area contributed by atoms with Gasteiger partial charge in [-0.2, -0.15) is 4.98 Å². The highest BCUT2D eigenvalue weighted by molar-refractivity contribution is 5.59. The predicted octanol–water partition coefficient (Wildman–Crippen LogP) is 4.18. The molecule has 8 heteroatoms.